The monoisotopic (exact) mass is 534 g/mol. The molecule has 39 heavy (non-hydrogen) atoms. The molecule has 0 saturated carbocycles. The van der Waals surface area contributed by atoms with Gasteiger partial charge in [0.15, 0.2) is 0 Å². The van der Waals surface area contributed by atoms with Crippen molar-refractivity contribution in [1.29, 1.82) is 0 Å². The van der Waals surface area contributed by atoms with E-state index in [2.05, 4.69) is 35.5 Å². The number of carbonyl (C=O) groups excluding carboxylic acids is 2. The Kier molecular flexibility index (Phi) is 7.60. The Hall–Kier alpha value is -3.49. The minimum Gasteiger partial charge on any atom is -0.359 e. The number of nitrogens with one attached hydrogen (secondary N) is 1. The van der Waals surface area contributed by atoms with E-state index in [1.54, 1.807) is 19.2 Å². The van der Waals surface area contributed by atoms with Crippen LogP contribution >= 0.6 is 0 Å². The van der Waals surface area contributed by atoms with Crippen LogP contribution in [0.1, 0.15) is 45.1 Å². The van der Waals surface area contributed by atoms with Crippen LogP contribution in [0, 0.1) is 17.2 Å². The maximum atomic E-state index is 15.2. The fourth-order valence-corrected chi connectivity index (χ4v) is 6.43. The van der Waals surface area contributed by atoms with E-state index in [0.717, 1.165) is 56.7 Å². The number of hydrogen-bond acceptors (Lipinski definition) is 6. The molecule has 1 spiro atoms. The predicted molar refractivity (Wildman–Crippen MR) is 151 cm³/mol. The number of fused-ring (bicyclic) bond motifs is 1. The largest absolute Gasteiger partial charge is 0.359 e. The van der Waals surface area contributed by atoms with Gasteiger partial charge in [-0.25, -0.2) is 9.37 Å². The molecule has 208 valence electrons. The van der Waals surface area contributed by atoms with Crippen LogP contribution < -0.4 is 15.1 Å². The van der Waals surface area contributed by atoms with E-state index in [4.69, 9.17) is 9.97 Å². The number of halogens is 1. The molecule has 9 heteroatoms. The van der Waals surface area contributed by atoms with Gasteiger partial charge in [-0.05, 0) is 49.8 Å². The number of likely N-dealkylation sites (tertiary alicyclic amines) is 1. The molecule has 1 aromatic carbocycles. The van der Waals surface area contributed by atoms with Gasteiger partial charge >= 0.3 is 0 Å². The summed E-state index contributed by atoms with van der Waals surface area (Å²) in [4.78, 5) is 41.0. The molecular formula is C30H39FN6O2. The summed E-state index contributed by atoms with van der Waals surface area (Å²) in [5.74, 6) is 1.47. The van der Waals surface area contributed by atoms with Crippen molar-refractivity contribution in [3.8, 4) is 11.3 Å². The van der Waals surface area contributed by atoms with Gasteiger partial charge in [0.25, 0.3) is 0 Å². The highest BCUT2D eigenvalue weighted by Crippen LogP contribution is 2.43. The van der Waals surface area contributed by atoms with Gasteiger partial charge in [0.2, 0.25) is 17.8 Å². The lowest BCUT2D eigenvalue weighted by molar-refractivity contribution is -0.136. The molecule has 0 bridgehead atoms. The summed E-state index contributed by atoms with van der Waals surface area (Å²) in [7, 11) is 1.67. The molecule has 0 radical (unpaired) electrons. The molecule has 0 aliphatic carbocycles. The fraction of sp³-hybridized carbons (Fsp3) is 0.533. The number of rotatable bonds is 8. The third-order valence-electron chi connectivity index (χ3n) is 8.34. The molecule has 1 aromatic heterocycles. The maximum absolute atomic E-state index is 15.2. The SMILES string of the molecule is C=CC(=O)N1CC2(CCN(c3nc(-c4ccccc4F)c4c(n3)N([C@@H](CC(=O)NC)CC(C)C)CCC4)C2)C1. The molecule has 2 saturated heterocycles. The number of aromatic nitrogens is 2. The second-order valence-electron chi connectivity index (χ2n) is 11.7. The highest BCUT2D eigenvalue weighted by Gasteiger charge is 2.49. The van der Waals surface area contributed by atoms with Crippen molar-refractivity contribution in [1.82, 2.24) is 20.2 Å². The molecule has 3 aliphatic rings. The summed E-state index contributed by atoms with van der Waals surface area (Å²) in [5.41, 5.74) is 2.08. The molecule has 5 rings (SSSR count). The van der Waals surface area contributed by atoms with Crippen molar-refractivity contribution in [3.05, 3.63) is 48.3 Å². The zero-order valence-corrected chi connectivity index (χ0v) is 23.3. The maximum Gasteiger partial charge on any atom is 0.245 e. The third-order valence-corrected chi connectivity index (χ3v) is 8.34. The van der Waals surface area contributed by atoms with E-state index in [-0.39, 0.29) is 29.1 Å². The van der Waals surface area contributed by atoms with Crippen LogP contribution in [0.5, 0.6) is 0 Å². The number of carbonyl (C=O) groups is 2. The topological polar surface area (TPSA) is 81.7 Å². The Morgan fingerprint density at radius 3 is 2.64 bits per heavy atom. The number of anilines is 2. The molecule has 2 aromatic rings. The highest BCUT2D eigenvalue weighted by molar-refractivity contribution is 5.87. The van der Waals surface area contributed by atoms with E-state index >= 15 is 4.39 Å². The fourth-order valence-electron chi connectivity index (χ4n) is 6.43. The van der Waals surface area contributed by atoms with Crippen LogP contribution in [0.25, 0.3) is 11.3 Å². The Labute approximate surface area is 230 Å². The molecule has 1 atom stereocenters. The molecule has 1 N–H and O–H groups in total. The van der Waals surface area contributed by atoms with Crippen LogP contribution in [0.4, 0.5) is 16.2 Å². The number of amides is 2. The highest BCUT2D eigenvalue weighted by atomic mass is 19.1. The van der Waals surface area contributed by atoms with Crippen molar-refractivity contribution in [2.45, 2.75) is 52.0 Å². The second kappa shape index (κ2) is 10.9. The van der Waals surface area contributed by atoms with E-state index in [9.17, 15) is 9.59 Å². The van der Waals surface area contributed by atoms with Gasteiger partial charge in [-0.1, -0.05) is 32.6 Å². The number of hydrogen-bond donors (Lipinski definition) is 1. The Morgan fingerprint density at radius 1 is 1.18 bits per heavy atom. The first-order valence-electron chi connectivity index (χ1n) is 14.0. The van der Waals surface area contributed by atoms with Crippen molar-refractivity contribution in [3.63, 3.8) is 0 Å². The van der Waals surface area contributed by atoms with Gasteiger partial charge in [-0.15, -0.1) is 0 Å². The van der Waals surface area contributed by atoms with E-state index in [1.165, 1.54) is 12.1 Å². The smallest absolute Gasteiger partial charge is 0.245 e. The van der Waals surface area contributed by atoms with Crippen molar-refractivity contribution >= 4 is 23.6 Å². The first-order chi connectivity index (χ1) is 18.7. The predicted octanol–water partition coefficient (Wildman–Crippen LogP) is 3.81. The lowest BCUT2D eigenvalue weighted by atomic mass is 9.79. The van der Waals surface area contributed by atoms with Crippen LogP contribution in [-0.2, 0) is 16.0 Å². The summed E-state index contributed by atoms with van der Waals surface area (Å²) >= 11 is 0. The minimum atomic E-state index is -0.305. The van der Waals surface area contributed by atoms with Crippen LogP contribution in [0.3, 0.4) is 0 Å². The summed E-state index contributed by atoms with van der Waals surface area (Å²) in [5, 5.41) is 2.78. The van der Waals surface area contributed by atoms with Crippen LogP contribution in [0.2, 0.25) is 0 Å². The molecular weight excluding hydrogens is 495 g/mol. The molecule has 3 aliphatic heterocycles. The molecule has 2 amide bonds. The summed E-state index contributed by atoms with van der Waals surface area (Å²) in [6.45, 7) is 11.7. The van der Waals surface area contributed by atoms with Crippen molar-refractivity contribution in [2.75, 3.05) is 49.6 Å². The van der Waals surface area contributed by atoms with Gasteiger partial charge in [0.05, 0.1) is 5.69 Å². The van der Waals surface area contributed by atoms with Crippen molar-refractivity contribution in [2.24, 2.45) is 11.3 Å². The number of benzene rings is 1. The lowest BCUT2D eigenvalue weighted by Crippen LogP contribution is -2.59. The molecule has 0 unspecified atom stereocenters. The molecule has 8 nitrogen and oxygen atoms in total. The second-order valence-corrected chi connectivity index (χ2v) is 11.7. The average Bonchev–Trinajstić information content (AvgIpc) is 3.36. The number of nitrogens with zero attached hydrogens (tertiary/aromatic N) is 5. The summed E-state index contributed by atoms with van der Waals surface area (Å²) in [6.07, 6.45) is 5.18. The minimum absolute atomic E-state index is 0.00136. The molecule has 4 heterocycles. The average molecular weight is 535 g/mol. The zero-order chi connectivity index (χ0) is 27.7. The molecule has 2 fully saturated rings. The van der Waals surface area contributed by atoms with E-state index in [1.807, 2.05) is 11.0 Å². The third kappa shape index (κ3) is 5.36. The summed E-state index contributed by atoms with van der Waals surface area (Å²) < 4.78 is 15.2. The quantitative estimate of drug-likeness (QED) is 0.519. The van der Waals surface area contributed by atoms with Gasteiger partial charge in [-0.2, -0.15) is 4.98 Å². The van der Waals surface area contributed by atoms with Crippen LogP contribution in [-0.4, -0.2) is 72.5 Å². The van der Waals surface area contributed by atoms with E-state index in [0.29, 0.717) is 42.6 Å². The standard InChI is InChI=1S/C30H39FN6O2/c1-5-26(39)36-18-30(19-36)12-14-35(17-30)29-33-27(22-9-6-7-11-24(22)31)23-10-8-13-37(28(23)34-29)21(15-20(2)3)16-25(38)32-4/h5-7,9,11,20-21H,1,8,10,12-19H2,2-4H3,(H,32,38)/t21-/m1/s1. The first kappa shape index (κ1) is 27.1. The first-order valence-corrected chi connectivity index (χ1v) is 14.0. The lowest BCUT2D eigenvalue weighted by Gasteiger charge is -2.47. The normalized spacial score (nSPS) is 18.6. The van der Waals surface area contributed by atoms with Gasteiger partial charge in [0, 0.05) is 68.8 Å². The summed E-state index contributed by atoms with van der Waals surface area (Å²) in [6, 6.07) is 6.77. The Morgan fingerprint density at radius 2 is 1.95 bits per heavy atom. The Balaban J connectivity index is 1.54. The zero-order valence-electron chi connectivity index (χ0n) is 23.3. The Bertz CT molecular complexity index is 1260. The van der Waals surface area contributed by atoms with Gasteiger partial charge in [-0.3, -0.25) is 9.59 Å². The van der Waals surface area contributed by atoms with Crippen molar-refractivity contribution < 1.29 is 14.0 Å². The van der Waals surface area contributed by atoms with E-state index < -0.39 is 0 Å². The van der Waals surface area contributed by atoms with Crippen LogP contribution in [0.15, 0.2) is 36.9 Å². The van der Waals surface area contributed by atoms with Gasteiger partial charge < -0.3 is 20.0 Å². The van der Waals surface area contributed by atoms with Gasteiger partial charge in [0.1, 0.15) is 11.6 Å².